The summed E-state index contributed by atoms with van der Waals surface area (Å²) in [4.78, 5) is 21.7. The number of aryl methyl sites for hydroxylation is 3. The molecule has 0 saturated carbocycles. The van der Waals surface area contributed by atoms with Crippen molar-refractivity contribution >= 4 is 23.2 Å². The van der Waals surface area contributed by atoms with Crippen LogP contribution in [0.25, 0.3) is 0 Å². The molecule has 0 saturated heterocycles. The van der Waals surface area contributed by atoms with E-state index < -0.39 is 0 Å². The number of ether oxygens (including phenoxy) is 1. The number of anilines is 3. The molecule has 0 aliphatic carbocycles. The maximum Gasteiger partial charge on any atom is 0.274 e. The van der Waals surface area contributed by atoms with Gasteiger partial charge in [-0.15, -0.1) is 0 Å². The van der Waals surface area contributed by atoms with Crippen molar-refractivity contribution in [2.45, 2.75) is 34.1 Å². The van der Waals surface area contributed by atoms with Crippen molar-refractivity contribution in [3.8, 4) is 5.75 Å². The Labute approximate surface area is 171 Å². The van der Waals surface area contributed by atoms with Crippen molar-refractivity contribution in [1.29, 1.82) is 0 Å². The summed E-state index contributed by atoms with van der Waals surface area (Å²) in [5.41, 5.74) is 4.86. The number of rotatable bonds is 7. The van der Waals surface area contributed by atoms with E-state index in [-0.39, 0.29) is 11.6 Å². The van der Waals surface area contributed by atoms with Gasteiger partial charge in [-0.1, -0.05) is 37.3 Å². The summed E-state index contributed by atoms with van der Waals surface area (Å²) in [5, 5.41) is 6.18. The summed E-state index contributed by atoms with van der Waals surface area (Å²) in [6, 6.07) is 15.1. The molecule has 0 aliphatic rings. The average Bonchev–Trinajstić information content (AvgIpc) is 2.70. The van der Waals surface area contributed by atoms with Crippen LogP contribution in [0.1, 0.15) is 41.2 Å². The molecule has 0 bridgehead atoms. The van der Waals surface area contributed by atoms with E-state index in [2.05, 4.69) is 33.6 Å². The molecule has 1 aromatic heterocycles. The lowest BCUT2D eigenvalue weighted by molar-refractivity contribution is 0.102. The van der Waals surface area contributed by atoms with Crippen LogP contribution in [0.2, 0.25) is 0 Å². The van der Waals surface area contributed by atoms with Gasteiger partial charge >= 0.3 is 0 Å². The van der Waals surface area contributed by atoms with Crippen LogP contribution in [-0.4, -0.2) is 22.5 Å². The molecule has 0 spiro atoms. The second-order valence-corrected chi connectivity index (χ2v) is 6.69. The fourth-order valence-electron chi connectivity index (χ4n) is 3.09. The maximum absolute atomic E-state index is 12.8. The second-order valence-electron chi connectivity index (χ2n) is 6.69. The predicted octanol–water partition coefficient (Wildman–Crippen LogP) is 5.05. The van der Waals surface area contributed by atoms with Gasteiger partial charge in [-0.25, -0.2) is 9.97 Å². The minimum Gasteiger partial charge on any atom is -0.492 e. The SMILES string of the molecule is CCOc1ccccc1NC(=O)c1cc(C)nc(Nc2c(C)cccc2CC)n1. The highest BCUT2D eigenvalue weighted by Crippen LogP contribution is 2.26. The normalized spacial score (nSPS) is 10.5. The number of hydrogen-bond acceptors (Lipinski definition) is 5. The van der Waals surface area contributed by atoms with Gasteiger partial charge in [0.1, 0.15) is 11.4 Å². The Balaban J connectivity index is 1.87. The van der Waals surface area contributed by atoms with E-state index in [4.69, 9.17) is 4.74 Å². The molecule has 0 atom stereocenters. The lowest BCUT2D eigenvalue weighted by atomic mass is 10.1. The molecule has 0 unspecified atom stereocenters. The Hall–Kier alpha value is -3.41. The van der Waals surface area contributed by atoms with E-state index in [1.807, 2.05) is 51.1 Å². The van der Waals surface area contributed by atoms with E-state index in [9.17, 15) is 4.79 Å². The number of hydrogen-bond donors (Lipinski definition) is 2. The summed E-state index contributed by atoms with van der Waals surface area (Å²) in [6.07, 6.45) is 0.886. The number of nitrogens with zero attached hydrogens (tertiary/aromatic N) is 2. The number of carbonyl (C=O) groups excluding carboxylic acids is 1. The van der Waals surface area contributed by atoms with E-state index in [0.29, 0.717) is 29.7 Å². The molecule has 2 N–H and O–H groups in total. The van der Waals surface area contributed by atoms with E-state index in [0.717, 1.165) is 17.7 Å². The van der Waals surface area contributed by atoms with Crippen LogP contribution < -0.4 is 15.4 Å². The van der Waals surface area contributed by atoms with Crippen molar-refractivity contribution in [3.63, 3.8) is 0 Å². The third kappa shape index (κ3) is 4.90. The third-order valence-electron chi connectivity index (χ3n) is 4.50. The lowest BCUT2D eigenvalue weighted by Crippen LogP contribution is -2.16. The Morgan fingerprint density at radius 3 is 2.59 bits per heavy atom. The molecule has 6 nitrogen and oxygen atoms in total. The Kier molecular flexibility index (Phi) is 6.44. The van der Waals surface area contributed by atoms with Crippen molar-refractivity contribution in [2.75, 3.05) is 17.2 Å². The standard InChI is InChI=1S/C23H26N4O2/c1-5-17-11-9-10-15(3)21(17)27-23-24-16(4)14-19(26-23)22(28)25-18-12-7-8-13-20(18)29-6-2/h7-14H,5-6H2,1-4H3,(H,25,28)(H,24,26,27). The molecule has 29 heavy (non-hydrogen) atoms. The van der Waals surface area contributed by atoms with Gasteiger partial charge in [-0.05, 0) is 56.5 Å². The molecule has 6 heteroatoms. The zero-order valence-corrected chi connectivity index (χ0v) is 17.2. The topological polar surface area (TPSA) is 76.1 Å². The first-order valence-electron chi connectivity index (χ1n) is 9.76. The van der Waals surface area contributed by atoms with Crippen LogP contribution in [0.3, 0.4) is 0 Å². The molecular formula is C23H26N4O2. The summed E-state index contributed by atoms with van der Waals surface area (Å²) in [6.45, 7) is 8.40. The lowest BCUT2D eigenvalue weighted by Gasteiger charge is -2.14. The van der Waals surface area contributed by atoms with Crippen LogP contribution in [0.4, 0.5) is 17.3 Å². The van der Waals surface area contributed by atoms with E-state index in [1.165, 1.54) is 5.56 Å². The van der Waals surface area contributed by atoms with E-state index >= 15 is 0 Å². The summed E-state index contributed by atoms with van der Waals surface area (Å²) >= 11 is 0. The van der Waals surface area contributed by atoms with Crippen LogP contribution in [0.15, 0.2) is 48.5 Å². The van der Waals surface area contributed by atoms with Crippen LogP contribution in [0, 0.1) is 13.8 Å². The Morgan fingerprint density at radius 1 is 1.03 bits per heavy atom. The zero-order valence-electron chi connectivity index (χ0n) is 17.2. The van der Waals surface area contributed by atoms with Crippen LogP contribution >= 0.6 is 0 Å². The summed E-state index contributed by atoms with van der Waals surface area (Å²) < 4.78 is 5.58. The first-order valence-corrected chi connectivity index (χ1v) is 9.76. The highest BCUT2D eigenvalue weighted by atomic mass is 16.5. The first kappa shape index (κ1) is 20.3. The molecule has 0 fully saturated rings. The smallest absolute Gasteiger partial charge is 0.274 e. The predicted molar refractivity (Wildman–Crippen MR) is 116 cm³/mol. The van der Waals surface area contributed by atoms with Gasteiger partial charge in [0.15, 0.2) is 0 Å². The highest BCUT2D eigenvalue weighted by Gasteiger charge is 2.14. The van der Waals surface area contributed by atoms with Gasteiger partial charge in [-0.3, -0.25) is 4.79 Å². The Bertz CT molecular complexity index is 1020. The van der Waals surface area contributed by atoms with E-state index in [1.54, 1.807) is 12.1 Å². The van der Waals surface area contributed by atoms with Gasteiger partial charge < -0.3 is 15.4 Å². The largest absolute Gasteiger partial charge is 0.492 e. The minimum absolute atomic E-state index is 0.290. The molecule has 1 heterocycles. The van der Waals surface area contributed by atoms with Gasteiger partial charge in [-0.2, -0.15) is 0 Å². The zero-order chi connectivity index (χ0) is 20.8. The molecule has 2 aromatic carbocycles. The molecule has 0 radical (unpaired) electrons. The van der Waals surface area contributed by atoms with Crippen LogP contribution in [-0.2, 0) is 6.42 Å². The number of para-hydroxylation sites is 3. The number of amides is 1. The number of aromatic nitrogens is 2. The highest BCUT2D eigenvalue weighted by molar-refractivity contribution is 6.04. The molecule has 0 aliphatic heterocycles. The van der Waals surface area contributed by atoms with Gasteiger partial charge in [0.05, 0.1) is 12.3 Å². The summed E-state index contributed by atoms with van der Waals surface area (Å²) in [5.74, 6) is 0.711. The molecule has 150 valence electrons. The first-order chi connectivity index (χ1) is 14.0. The quantitative estimate of drug-likeness (QED) is 0.590. The fraction of sp³-hybridized carbons (Fsp3) is 0.261. The third-order valence-corrected chi connectivity index (χ3v) is 4.50. The van der Waals surface area contributed by atoms with Crippen molar-refractivity contribution in [3.05, 3.63) is 71.0 Å². The van der Waals surface area contributed by atoms with Crippen molar-refractivity contribution in [1.82, 2.24) is 9.97 Å². The van der Waals surface area contributed by atoms with Gasteiger partial charge in [0.25, 0.3) is 5.91 Å². The van der Waals surface area contributed by atoms with Crippen LogP contribution in [0.5, 0.6) is 5.75 Å². The fourth-order valence-corrected chi connectivity index (χ4v) is 3.09. The van der Waals surface area contributed by atoms with Gasteiger partial charge in [0, 0.05) is 11.4 Å². The molecule has 1 amide bonds. The maximum atomic E-state index is 12.8. The monoisotopic (exact) mass is 390 g/mol. The number of nitrogens with one attached hydrogen (secondary N) is 2. The van der Waals surface area contributed by atoms with Crippen molar-refractivity contribution < 1.29 is 9.53 Å². The second kappa shape index (κ2) is 9.19. The molecule has 3 aromatic rings. The minimum atomic E-state index is -0.314. The Morgan fingerprint density at radius 2 is 1.83 bits per heavy atom. The number of carbonyl (C=O) groups is 1. The summed E-state index contributed by atoms with van der Waals surface area (Å²) in [7, 11) is 0. The molecular weight excluding hydrogens is 364 g/mol. The molecule has 3 rings (SSSR count). The van der Waals surface area contributed by atoms with Gasteiger partial charge in [0.2, 0.25) is 5.95 Å². The van der Waals surface area contributed by atoms with Crippen molar-refractivity contribution in [2.24, 2.45) is 0 Å². The average molecular weight is 390 g/mol. The number of benzene rings is 2.